The van der Waals surface area contributed by atoms with E-state index in [1.54, 1.807) is 43.5 Å². The lowest BCUT2D eigenvalue weighted by Gasteiger charge is -2.13. The second kappa shape index (κ2) is 11.0. The van der Waals surface area contributed by atoms with Gasteiger partial charge in [0, 0.05) is 10.2 Å². The van der Waals surface area contributed by atoms with Crippen LogP contribution in [-0.2, 0) is 11.4 Å². The summed E-state index contributed by atoms with van der Waals surface area (Å²) in [7, 11) is 3.10. The first-order valence-corrected chi connectivity index (χ1v) is 10.4. The fraction of sp³-hybridized carbons (Fsp3) is 0.120. The van der Waals surface area contributed by atoms with E-state index in [0.29, 0.717) is 39.6 Å². The van der Waals surface area contributed by atoms with Crippen molar-refractivity contribution in [2.45, 2.75) is 6.61 Å². The van der Waals surface area contributed by atoms with E-state index in [4.69, 9.17) is 14.2 Å². The van der Waals surface area contributed by atoms with Crippen molar-refractivity contribution in [3.05, 3.63) is 87.9 Å². The van der Waals surface area contributed by atoms with Crippen LogP contribution in [0.1, 0.15) is 11.1 Å². The van der Waals surface area contributed by atoms with Crippen LogP contribution in [0.25, 0.3) is 6.08 Å². The molecule has 32 heavy (non-hydrogen) atoms. The fourth-order valence-corrected chi connectivity index (χ4v) is 3.28. The lowest BCUT2D eigenvalue weighted by atomic mass is 10.1. The lowest BCUT2D eigenvalue weighted by molar-refractivity contribution is -0.112. The number of carbonyl (C=O) groups is 1. The molecule has 0 saturated carbocycles. The van der Waals surface area contributed by atoms with Gasteiger partial charge >= 0.3 is 0 Å². The highest BCUT2D eigenvalue weighted by molar-refractivity contribution is 9.10. The molecule has 0 aliphatic rings. The number of hydrogen-bond acceptors (Lipinski definition) is 5. The second-order valence-corrected chi connectivity index (χ2v) is 7.51. The number of rotatable bonds is 8. The maximum Gasteiger partial charge on any atom is 0.266 e. The Morgan fingerprint density at radius 2 is 1.75 bits per heavy atom. The maximum absolute atomic E-state index is 12.6. The number of nitriles is 1. The first-order valence-electron chi connectivity index (χ1n) is 9.65. The SMILES string of the molecule is COc1ccc(NC(=O)/C(C#N)=C\c2cc(OC)c(OCc3ccccc3)cc2Br)cc1. The van der Waals surface area contributed by atoms with Gasteiger partial charge in [-0.3, -0.25) is 4.79 Å². The number of anilines is 1. The average molecular weight is 493 g/mol. The van der Waals surface area contributed by atoms with Gasteiger partial charge < -0.3 is 19.5 Å². The number of nitrogens with one attached hydrogen (secondary N) is 1. The molecule has 0 heterocycles. The molecule has 7 heteroatoms. The highest BCUT2D eigenvalue weighted by Crippen LogP contribution is 2.35. The molecule has 3 rings (SSSR count). The molecule has 1 N–H and O–H groups in total. The largest absolute Gasteiger partial charge is 0.497 e. The van der Waals surface area contributed by atoms with Crippen molar-refractivity contribution >= 4 is 33.6 Å². The normalized spacial score (nSPS) is 10.8. The molecule has 162 valence electrons. The zero-order chi connectivity index (χ0) is 22.9. The van der Waals surface area contributed by atoms with Crippen LogP contribution < -0.4 is 19.5 Å². The molecule has 0 aliphatic carbocycles. The van der Waals surface area contributed by atoms with Gasteiger partial charge in [0.05, 0.1) is 14.2 Å². The molecule has 1 amide bonds. The third-order valence-electron chi connectivity index (χ3n) is 4.53. The number of ether oxygens (including phenoxy) is 3. The highest BCUT2D eigenvalue weighted by atomic mass is 79.9. The Hall–Kier alpha value is -3.76. The van der Waals surface area contributed by atoms with Gasteiger partial charge in [-0.1, -0.05) is 46.3 Å². The third kappa shape index (κ3) is 5.90. The second-order valence-electron chi connectivity index (χ2n) is 6.65. The van der Waals surface area contributed by atoms with Gasteiger partial charge in [-0.25, -0.2) is 0 Å². The smallest absolute Gasteiger partial charge is 0.266 e. The van der Waals surface area contributed by atoms with E-state index < -0.39 is 5.91 Å². The maximum atomic E-state index is 12.6. The molecule has 3 aromatic carbocycles. The van der Waals surface area contributed by atoms with Gasteiger partial charge in [0.15, 0.2) is 11.5 Å². The van der Waals surface area contributed by atoms with Crippen molar-refractivity contribution in [3.8, 4) is 23.3 Å². The van der Waals surface area contributed by atoms with Crippen LogP contribution in [0, 0.1) is 11.3 Å². The van der Waals surface area contributed by atoms with Crippen LogP contribution in [0.3, 0.4) is 0 Å². The molecular weight excluding hydrogens is 472 g/mol. The summed E-state index contributed by atoms with van der Waals surface area (Å²) in [6.07, 6.45) is 1.49. The zero-order valence-electron chi connectivity index (χ0n) is 17.6. The minimum absolute atomic E-state index is 0.0541. The number of carbonyl (C=O) groups excluding carboxylic acids is 1. The van der Waals surface area contributed by atoms with Crippen LogP contribution in [0.15, 0.2) is 76.8 Å². The molecule has 0 spiro atoms. The fourth-order valence-electron chi connectivity index (χ4n) is 2.85. The van der Waals surface area contributed by atoms with Crippen LogP contribution >= 0.6 is 15.9 Å². The summed E-state index contributed by atoms with van der Waals surface area (Å²) in [6, 6.07) is 22.0. The number of methoxy groups -OCH3 is 2. The molecule has 3 aromatic rings. The third-order valence-corrected chi connectivity index (χ3v) is 5.22. The number of amides is 1. The van der Waals surface area contributed by atoms with Crippen molar-refractivity contribution in [3.63, 3.8) is 0 Å². The number of nitrogens with zero attached hydrogens (tertiary/aromatic N) is 1. The lowest BCUT2D eigenvalue weighted by Crippen LogP contribution is -2.13. The quantitative estimate of drug-likeness (QED) is 0.327. The molecule has 0 saturated heterocycles. The molecule has 0 aromatic heterocycles. The van der Waals surface area contributed by atoms with Gasteiger partial charge in [-0.15, -0.1) is 0 Å². The Labute approximate surface area is 195 Å². The van der Waals surface area contributed by atoms with Crippen LogP contribution in [-0.4, -0.2) is 20.1 Å². The van der Waals surface area contributed by atoms with Crippen molar-refractivity contribution in [1.29, 1.82) is 5.26 Å². The Morgan fingerprint density at radius 3 is 2.38 bits per heavy atom. The average Bonchev–Trinajstić information content (AvgIpc) is 2.83. The summed E-state index contributed by atoms with van der Waals surface area (Å²) in [4.78, 5) is 12.6. The summed E-state index contributed by atoms with van der Waals surface area (Å²) in [5.41, 5.74) is 2.13. The monoisotopic (exact) mass is 492 g/mol. The van der Waals surface area contributed by atoms with Crippen LogP contribution in [0.2, 0.25) is 0 Å². The molecule has 0 aliphatic heterocycles. The predicted molar refractivity (Wildman–Crippen MR) is 127 cm³/mol. The molecule has 0 radical (unpaired) electrons. The summed E-state index contributed by atoms with van der Waals surface area (Å²) in [5, 5.41) is 12.2. The van der Waals surface area contributed by atoms with E-state index in [0.717, 1.165) is 5.56 Å². The Balaban J connectivity index is 1.80. The minimum atomic E-state index is -0.520. The van der Waals surface area contributed by atoms with E-state index in [1.165, 1.54) is 13.2 Å². The molecule has 0 fully saturated rings. The summed E-state index contributed by atoms with van der Waals surface area (Å²) >= 11 is 3.49. The summed E-state index contributed by atoms with van der Waals surface area (Å²) < 4.78 is 17.1. The van der Waals surface area contributed by atoms with E-state index in [9.17, 15) is 10.1 Å². The van der Waals surface area contributed by atoms with Crippen molar-refractivity contribution in [1.82, 2.24) is 0 Å². The van der Waals surface area contributed by atoms with Crippen LogP contribution in [0.4, 0.5) is 5.69 Å². The summed E-state index contributed by atoms with van der Waals surface area (Å²) in [6.45, 7) is 0.381. The molecule has 6 nitrogen and oxygen atoms in total. The number of benzene rings is 3. The Morgan fingerprint density at radius 1 is 1.03 bits per heavy atom. The van der Waals surface area contributed by atoms with Crippen molar-refractivity contribution < 1.29 is 19.0 Å². The Bertz CT molecular complexity index is 1150. The molecule has 0 atom stereocenters. The van der Waals surface area contributed by atoms with Gasteiger partial charge in [0.2, 0.25) is 0 Å². The van der Waals surface area contributed by atoms with Gasteiger partial charge in [-0.2, -0.15) is 5.26 Å². The van der Waals surface area contributed by atoms with E-state index in [2.05, 4.69) is 21.2 Å². The topological polar surface area (TPSA) is 80.6 Å². The molecule has 0 unspecified atom stereocenters. The minimum Gasteiger partial charge on any atom is -0.497 e. The van der Waals surface area contributed by atoms with Crippen molar-refractivity contribution in [2.75, 3.05) is 19.5 Å². The zero-order valence-corrected chi connectivity index (χ0v) is 19.2. The first kappa shape index (κ1) is 22.9. The first-order chi connectivity index (χ1) is 15.5. The van der Waals surface area contributed by atoms with E-state index in [-0.39, 0.29) is 5.57 Å². The van der Waals surface area contributed by atoms with Gasteiger partial charge in [-0.05, 0) is 53.6 Å². The highest BCUT2D eigenvalue weighted by Gasteiger charge is 2.14. The standard InChI is InChI=1S/C25H21BrN2O4/c1-30-21-10-8-20(9-11-21)28-25(29)19(15-27)12-18-13-23(31-2)24(14-22(18)26)32-16-17-6-4-3-5-7-17/h3-14H,16H2,1-2H3,(H,28,29)/b19-12-. The van der Waals surface area contributed by atoms with Crippen LogP contribution in [0.5, 0.6) is 17.2 Å². The van der Waals surface area contributed by atoms with E-state index in [1.807, 2.05) is 36.4 Å². The Kier molecular flexibility index (Phi) is 7.90. The van der Waals surface area contributed by atoms with E-state index >= 15 is 0 Å². The van der Waals surface area contributed by atoms with Gasteiger partial charge in [0.1, 0.15) is 24.0 Å². The summed E-state index contributed by atoms with van der Waals surface area (Å²) in [5.74, 6) is 1.18. The van der Waals surface area contributed by atoms with Crippen molar-refractivity contribution in [2.24, 2.45) is 0 Å². The molecular formula is C25H21BrN2O4. The van der Waals surface area contributed by atoms with Gasteiger partial charge in [0.25, 0.3) is 5.91 Å². The number of halogens is 1. The molecule has 0 bridgehead atoms. The predicted octanol–water partition coefficient (Wildman–Crippen LogP) is 5.59. The number of hydrogen-bond donors (Lipinski definition) is 1.